The second-order valence-electron chi connectivity index (χ2n) is 8.27. The summed E-state index contributed by atoms with van der Waals surface area (Å²) in [6, 6.07) is 16.3. The number of ether oxygens (including phenoxy) is 2. The highest BCUT2D eigenvalue weighted by Crippen LogP contribution is 2.23. The van der Waals surface area contributed by atoms with Gasteiger partial charge >= 0.3 is 0 Å². The molecule has 7 nitrogen and oxygen atoms in total. The first kappa shape index (κ1) is 22.2. The fraction of sp³-hybridized carbons (Fsp3) is 0.400. The molecule has 7 heteroatoms. The van der Waals surface area contributed by atoms with Crippen LogP contribution in [-0.4, -0.2) is 70.5 Å². The van der Waals surface area contributed by atoms with Crippen LogP contribution < -0.4 is 20.1 Å². The van der Waals surface area contributed by atoms with E-state index < -0.39 is 0 Å². The fourth-order valence-corrected chi connectivity index (χ4v) is 4.18. The highest BCUT2D eigenvalue weighted by atomic mass is 16.5. The van der Waals surface area contributed by atoms with E-state index in [9.17, 15) is 4.79 Å². The predicted octanol–water partition coefficient (Wildman–Crippen LogP) is 2.94. The van der Waals surface area contributed by atoms with E-state index in [-0.39, 0.29) is 5.56 Å². The minimum atomic E-state index is -0.0689. The number of fused-ring (bicyclic) bond motifs is 1. The van der Waals surface area contributed by atoms with Gasteiger partial charge in [-0.05, 0) is 47.9 Å². The quantitative estimate of drug-likeness (QED) is 0.586. The van der Waals surface area contributed by atoms with Crippen molar-refractivity contribution in [3.05, 3.63) is 64.4 Å². The monoisotopic (exact) mass is 436 g/mol. The third kappa shape index (κ3) is 5.06. The maximum atomic E-state index is 12.6. The molecule has 2 aromatic carbocycles. The smallest absolute Gasteiger partial charge is 0.253 e. The molecule has 1 aliphatic heterocycles. The van der Waals surface area contributed by atoms with E-state index in [4.69, 9.17) is 9.47 Å². The van der Waals surface area contributed by atoms with Crippen LogP contribution in [0.3, 0.4) is 0 Å². The Hall–Kier alpha value is -3.03. The maximum absolute atomic E-state index is 12.6. The molecular weight excluding hydrogens is 404 g/mol. The Kier molecular flexibility index (Phi) is 6.97. The van der Waals surface area contributed by atoms with Crippen molar-refractivity contribution in [2.45, 2.75) is 6.54 Å². The highest BCUT2D eigenvalue weighted by molar-refractivity contribution is 5.80. The molecule has 1 saturated heterocycles. The molecule has 1 aromatic heterocycles. The van der Waals surface area contributed by atoms with Gasteiger partial charge in [0.25, 0.3) is 5.56 Å². The molecule has 1 N–H and O–H groups in total. The molecule has 0 aliphatic carbocycles. The number of benzene rings is 2. The minimum absolute atomic E-state index is 0.0689. The molecule has 0 atom stereocenters. The van der Waals surface area contributed by atoms with E-state index in [1.54, 1.807) is 14.2 Å². The van der Waals surface area contributed by atoms with Gasteiger partial charge in [-0.2, -0.15) is 0 Å². The third-order valence-corrected chi connectivity index (χ3v) is 6.18. The molecule has 1 aliphatic rings. The van der Waals surface area contributed by atoms with E-state index in [1.807, 2.05) is 31.3 Å². The summed E-state index contributed by atoms with van der Waals surface area (Å²) >= 11 is 0. The number of aromatic amines is 1. The lowest BCUT2D eigenvalue weighted by Crippen LogP contribution is -2.47. The van der Waals surface area contributed by atoms with Crippen LogP contribution in [0.1, 0.15) is 5.56 Å². The van der Waals surface area contributed by atoms with Crippen molar-refractivity contribution in [3.63, 3.8) is 0 Å². The second-order valence-corrected chi connectivity index (χ2v) is 8.27. The van der Waals surface area contributed by atoms with Gasteiger partial charge in [0.1, 0.15) is 5.75 Å². The number of pyridine rings is 1. The van der Waals surface area contributed by atoms with Crippen molar-refractivity contribution in [2.24, 2.45) is 0 Å². The SMILES string of the molecule is COCCN1CCN(c2ccc(N(C)Cc3cc4ccc(OC)cc4[nH]c3=O)cc2)CC1. The average molecular weight is 437 g/mol. The molecule has 0 radical (unpaired) electrons. The molecule has 3 aromatic rings. The Bertz CT molecular complexity index is 1090. The molecule has 32 heavy (non-hydrogen) atoms. The van der Waals surface area contributed by atoms with Crippen molar-refractivity contribution in [1.82, 2.24) is 9.88 Å². The fourth-order valence-electron chi connectivity index (χ4n) is 4.18. The first-order chi connectivity index (χ1) is 15.6. The van der Waals surface area contributed by atoms with Crippen LogP contribution in [0.5, 0.6) is 5.75 Å². The summed E-state index contributed by atoms with van der Waals surface area (Å²) in [6.45, 7) is 6.48. The zero-order valence-electron chi connectivity index (χ0n) is 19.1. The topological polar surface area (TPSA) is 61.0 Å². The molecule has 0 unspecified atom stereocenters. The Labute approximate surface area is 189 Å². The normalized spacial score (nSPS) is 14.7. The van der Waals surface area contributed by atoms with Crippen LogP contribution in [0, 0.1) is 0 Å². The summed E-state index contributed by atoms with van der Waals surface area (Å²) in [5.41, 5.74) is 3.78. The Morgan fingerprint density at radius 1 is 1.00 bits per heavy atom. The van der Waals surface area contributed by atoms with E-state index in [2.05, 4.69) is 43.9 Å². The zero-order valence-corrected chi connectivity index (χ0v) is 19.1. The summed E-state index contributed by atoms with van der Waals surface area (Å²) in [5, 5.41) is 0.994. The molecule has 4 rings (SSSR count). The number of anilines is 2. The van der Waals surface area contributed by atoms with Gasteiger partial charge in [-0.15, -0.1) is 0 Å². The summed E-state index contributed by atoms with van der Waals surface area (Å²) in [7, 11) is 5.39. The van der Waals surface area contributed by atoms with E-state index in [1.165, 1.54) is 5.69 Å². The number of aromatic nitrogens is 1. The summed E-state index contributed by atoms with van der Waals surface area (Å²) in [4.78, 5) is 22.6. The standard InChI is InChI=1S/C25H32N4O3/c1-27(18-20-16-19-4-9-23(32-3)17-24(19)26-25(20)30)21-5-7-22(8-6-21)29-12-10-28(11-13-29)14-15-31-2/h4-9,16-17H,10-15,18H2,1-3H3,(H,26,30). The van der Waals surface area contributed by atoms with E-state index in [0.29, 0.717) is 6.54 Å². The molecule has 0 bridgehead atoms. The van der Waals surface area contributed by atoms with Gasteiger partial charge in [0.2, 0.25) is 0 Å². The van der Waals surface area contributed by atoms with Gasteiger partial charge in [0, 0.05) is 76.4 Å². The predicted molar refractivity (Wildman–Crippen MR) is 130 cm³/mol. The van der Waals surface area contributed by atoms with Crippen molar-refractivity contribution >= 4 is 22.3 Å². The molecule has 0 saturated carbocycles. The van der Waals surface area contributed by atoms with Crippen LogP contribution in [0.2, 0.25) is 0 Å². The maximum Gasteiger partial charge on any atom is 0.253 e. The highest BCUT2D eigenvalue weighted by Gasteiger charge is 2.17. The van der Waals surface area contributed by atoms with Crippen molar-refractivity contribution < 1.29 is 9.47 Å². The Morgan fingerprint density at radius 3 is 2.44 bits per heavy atom. The van der Waals surface area contributed by atoms with Gasteiger partial charge in [0.05, 0.1) is 19.2 Å². The van der Waals surface area contributed by atoms with Crippen molar-refractivity contribution in [3.8, 4) is 5.75 Å². The summed E-state index contributed by atoms with van der Waals surface area (Å²) in [5.74, 6) is 0.731. The van der Waals surface area contributed by atoms with Gasteiger partial charge < -0.3 is 24.3 Å². The lowest BCUT2D eigenvalue weighted by molar-refractivity contribution is 0.144. The number of nitrogens with zero attached hydrogens (tertiary/aromatic N) is 3. The number of methoxy groups -OCH3 is 2. The Balaban J connectivity index is 1.40. The third-order valence-electron chi connectivity index (χ3n) is 6.18. The number of nitrogens with one attached hydrogen (secondary N) is 1. The lowest BCUT2D eigenvalue weighted by atomic mass is 10.1. The van der Waals surface area contributed by atoms with Gasteiger partial charge in [-0.25, -0.2) is 0 Å². The summed E-state index contributed by atoms with van der Waals surface area (Å²) < 4.78 is 10.4. The first-order valence-electron chi connectivity index (χ1n) is 11.0. The molecular formula is C25H32N4O3. The second kappa shape index (κ2) is 10.1. The molecule has 2 heterocycles. The number of piperazine rings is 1. The van der Waals surface area contributed by atoms with E-state index >= 15 is 0 Å². The van der Waals surface area contributed by atoms with Gasteiger partial charge in [-0.1, -0.05) is 0 Å². The number of hydrogen-bond donors (Lipinski definition) is 1. The lowest BCUT2D eigenvalue weighted by Gasteiger charge is -2.36. The number of hydrogen-bond acceptors (Lipinski definition) is 6. The Morgan fingerprint density at radius 2 is 1.75 bits per heavy atom. The van der Waals surface area contributed by atoms with E-state index in [0.717, 1.165) is 67.2 Å². The van der Waals surface area contributed by atoms with Gasteiger partial charge in [0.15, 0.2) is 0 Å². The molecule has 0 spiro atoms. The summed E-state index contributed by atoms with van der Waals surface area (Å²) in [6.07, 6.45) is 0. The van der Waals surface area contributed by atoms with Crippen LogP contribution in [0.4, 0.5) is 11.4 Å². The van der Waals surface area contributed by atoms with Crippen LogP contribution >= 0.6 is 0 Å². The molecule has 0 amide bonds. The zero-order chi connectivity index (χ0) is 22.5. The largest absolute Gasteiger partial charge is 0.497 e. The minimum Gasteiger partial charge on any atom is -0.497 e. The van der Waals surface area contributed by atoms with Crippen LogP contribution in [0.15, 0.2) is 53.3 Å². The van der Waals surface area contributed by atoms with Gasteiger partial charge in [-0.3, -0.25) is 9.69 Å². The van der Waals surface area contributed by atoms with Crippen LogP contribution in [0.25, 0.3) is 10.9 Å². The molecule has 1 fully saturated rings. The molecule has 170 valence electrons. The van der Waals surface area contributed by atoms with Crippen molar-refractivity contribution in [2.75, 3.05) is 70.4 Å². The number of rotatable bonds is 8. The average Bonchev–Trinajstić information content (AvgIpc) is 2.83. The number of H-pyrrole nitrogens is 1. The van der Waals surface area contributed by atoms with Crippen LogP contribution in [-0.2, 0) is 11.3 Å². The van der Waals surface area contributed by atoms with Crippen molar-refractivity contribution in [1.29, 1.82) is 0 Å². The first-order valence-corrected chi connectivity index (χ1v) is 11.0.